The molecule has 2 nitrogen and oxygen atoms in total. The zero-order valence-corrected chi connectivity index (χ0v) is 26.9. The molecule has 0 N–H and O–H groups in total. The van der Waals surface area contributed by atoms with Gasteiger partial charge in [0, 0.05) is 0 Å². The van der Waals surface area contributed by atoms with Gasteiger partial charge in [0.25, 0.3) is 6.33 Å². The molecule has 366 valence electrons. The van der Waals surface area contributed by atoms with Crippen molar-refractivity contribution in [1.29, 1.82) is 0 Å². The van der Waals surface area contributed by atoms with Crippen molar-refractivity contribution in [3.63, 3.8) is 0 Å². The Labute approximate surface area is 311 Å². The highest BCUT2D eigenvalue weighted by Crippen LogP contribution is 2.70. The highest BCUT2D eigenvalue weighted by Gasteiger charge is 3.03. The van der Waals surface area contributed by atoms with Crippen LogP contribution in [0.4, 0.5) is 162 Å². The average molecular weight is 1010 g/mol. The molecule has 0 amide bonds. The van der Waals surface area contributed by atoms with E-state index < -0.39 is 124 Å². The second-order valence-electron chi connectivity index (χ2n) is 11.7. The predicted molar refractivity (Wildman–Crippen MR) is 116 cm³/mol. The van der Waals surface area contributed by atoms with Gasteiger partial charge in [0.2, 0.25) is 0 Å². The van der Waals surface area contributed by atoms with E-state index in [1.165, 1.54) is 0 Å². The number of imidazole rings is 1. The van der Waals surface area contributed by atoms with E-state index in [1.807, 2.05) is 0 Å². The van der Waals surface area contributed by atoms with Crippen molar-refractivity contribution >= 4 is 6.20 Å². The van der Waals surface area contributed by atoms with E-state index >= 15 is 0 Å². The van der Waals surface area contributed by atoms with Crippen molar-refractivity contribution in [2.75, 3.05) is 0 Å². The first-order valence-corrected chi connectivity index (χ1v) is 13.5. The predicted octanol–water partition coefficient (Wildman–Crippen LogP) is 12.2. The summed E-state index contributed by atoms with van der Waals surface area (Å²) in [5.74, 6) is -158. The van der Waals surface area contributed by atoms with Gasteiger partial charge >= 0.3 is 107 Å². The Kier molecular flexibility index (Phi) is 12.7. The number of hydrogen-bond acceptors (Lipinski definition) is 0. The molecule has 39 heteroatoms. The summed E-state index contributed by atoms with van der Waals surface area (Å²) in [4.78, 5) is 0. The monoisotopic (exact) mass is 1010 g/mol. The minimum absolute atomic E-state index is 0.0195. The first kappa shape index (κ1) is 56.4. The van der Waals surface area contributed by atoms with Gasteiger partial charge < -0.3 is 0 Å². The lowest BCUT2D eigenvalue weighted by atomic mass is 9.82. The lowest BCUT2D eigenvalue weighted by Crippen LogP contribution is -2.80. The van der Waals surface area contributed by atoms with Crippen LogP contribution in [0.5, 0.6) is 0 Å². The van der Waals surface area contributed by atoms with Gasteiger partial charge in [-0.3, -0.25) is 0 Å². The zero-order chi connectivity index (χ0) is 51.0. The summed E-state index contributed by atoms with van der Waals surface area (Å²) in [7, 11) is 0. The van der Waals surface area contributed by atoms with Crippen LogP contribution in [0.25, 0.3) is 6.20 Å². The van der Waals surface area contributed by atoms with E-state index in [0.29, 0.717) is 0 Å². The third-order valence-corrected chi connectivity index (χ3v) is 7.84. The fourth-order valence-electron chi connectivity index (χ4n) is 3.93. The lowest BCUT2D eigenvalue weighted by molar-refractivity contribution is -0.849. The van der Waals surface area contributed by atoms with Crippen molar-refractivity contribution in [2.45, 2.75) is 107 Å². The number of nitrogens with zero attached hydrogens (tertiary/aromatic N) is 2. The van der Waals surface area contributed by atoms with Gasteiger partial charge in [-0.1, -0.05) is 6.58 Å². The molecule has 1 aromatic rings. The topological polar surface area (TPSA) is 8.81 Å². The van der Waals surface area contributed by atoms with E-state index in [2.05, 4.69) is 6.58 Å². The van der Waals surface area contributed by atoms with Crippen molar-refractivity contribution in [3.05, 3.63) is 25.3 Å². The minimum atomic E-state index is -10.4. The average Bonchev–Trinajstić information content (AvgIpc) is 3.56. The summed E-state index contributed by atoms with van der Waals surface area (Å²) < 4.78 is 506. The van der Waals surface area contributed by atoms with Gasteiger partial charge in [-0.2, -0.15) is 167 Å². The Morgan fingerprint density at radius 1 is 0.290 bits per heavy atom. The van der Waals surface area contributed by atoms with Crippen molar-refractivity contribution in [2.24, 2.45) is 0 Å². The SMILES string of the molecule is C=Cn1cc[n+](C(F)(F)C(F)(F)C(F)(F)C(F)(F)C(F)(F)C(F)(F)C(F)(F)C(F)(F)C(F)(F)C(F)(F)C(F)(F)C(F)(F)C(F)(F)C(F)(F)C(F)(F)C(F)(F)C(F)(F)C(F)(F)F)c1. The summed E-state index contributed by atoms with van der Waals surface area (Å²) >= 11 is 0. The highest BCUT2D eigenvalue weighted by molar-refractivity contribution is 5.23. The molecule has 0 atom stereocenters. The third-order valence-electron chi connectivity index (χ3n) is 7.84. The summed E-state index contributed by atoms with van der Waals surface area (Å²) in [6.07, 6.45) is -9.59. The van der Waals surface area contributed by atoms with Crippen LogP contribution >= 0.6 is 0 Å². The Morgan fingerprint density at radius 2 is 0.468 bits per heavy atom. The minimum Gasteiger partial charge on any atom is -0.210 e. The molecule has 1 heterocycles. The second-order valence-corrected chi connectivity index (χ2v) is 11.7. The zero-order valence-electron chi connectivity index (χ0n) is 26.9. The maximum absolute atomic E-state index is 14.2. The van der Waals surface area contributed by atoms with Gasteiger partial charge in [0.15, 0.2) is 0 Å². The van der Waals surface area contributed by atoms with Crippen LogP contribution in [0.2, 0.25) is 0 Å². The van der Waals surface area contributed by atoms with Crippen molar-refractivity contribution in [3.8, 4) is 0 Å². The van der Waals surface area contributed by atoms with Gasteiger partial charge in [-0.15, -0.1) is 0 Å². The maximum Gasteiger partial charge on any atom is 0.469 e. The van der Waals surface area contributed by atoms with E-state index in [1.54, 1.807) is 0 Å². The molecule has 1 rings (SSSR count). The number of rotatable bonds is 18. The molecule has 0 spiro atoms. The second kappa shape index (κ2) is 13.9. The molecule has 0 aromatic carbocycles. The van der Waals surface area contributed by atoms with Crippen LogP contribution in [0.1, 0.15) is 0 Å². The highest BCUT2D eigenvalue weighted by atomic mass is 19.4. The van der Waals surface area contributed by atoms with Crippen molar-refractivity contribution in [1.82, 2.24) is 4.57 Å². The van der Waals surface area contributed by atoms with E-state index in [9.17, 15) is 162 Å². The largest absolute Gasteiger partial charge is 0.469 e. The molecular formula is C23H6F37N2+. The first-order valence-electron chi connectivity index (χ1n) is 13.5. The van der Waals surface area contributed by atoms with Crippen LogP contribution in [0, 0.1) is 0 Å². The third kappa shape index (κ3) is 6.24. The van der Waals surface area contributed by atoms with Crippen LogP contribution in [0.3, 0.4) is 0 Å². The van der Waals surface area contributed by atoms with E-state index in [4.69, 9.17) is 0 Å². The Bertz CT molecular complexity index is 1800. The molecule has 0 aliphatic rings. The quantitative estimate of drug-likeness (QED) is 0.102. The lowest BCUT2D eigenvalue weighted by Gasteiger charge is -2.47. The van der Waals surface area contributed by atoms with Gasteiger partial charge in [-0.25, -0.2) is 4.57 Å². The Morgan fingerprint density at radius 3 is 0.629 bits per heavy atom. The smallest absolute Gasteiger partial charge is 0.210 e. The van der Waals surface area contributed by atoms with Crippen LogP contribution < -0.4 is 4.57 Å². The van der Waals surface area contributed by atoms with Crippen LogP contribution in [-0.4, -0.2) is 106 Å². The molecule has 0 saturated heterocycles. The van der Waals surface area contributed by atoms with Gasteiger partial charge in [-0.05, 0) is 0 Å². The molecule has 0 radical (unpaired) electrons. The normalized spacial score (nSPS) is 16.9. The van der Waals surface area contributed by atoms with Gasteiger partial charge in [0.05, 0.1) is 6.20 Å². The Hall–Kier alpha value is -3.64. The Balaban J connectivity index is 4.10. The van der Waals surface area contributed by atoms with E-state index in [-0.39, 0.29) is 17.0 Å². The molecule has 1 aromatic heterocycles. The van der Waals surface area contributed by atoms with Crippen LogP contribution in [0.15, 0.2) is 25.3 Å². The number of alkyl halides is 37. The molecule has 62 heavy (non-hydrogen) atoms. The van der Waals surface area contributed by atoms with E-state index in [0.717, 1.165) is 0 Å². The number of halogens is 37. The molecule has 0 saturated carbocycles. The molecule has 0 bridgehead atoms. The first-order chi connectivity index (χ1) is 26.3. The van der Waals surface area contributed by atoms with Gasteiger partial charge in [0.1, 0.15) is 12.4 Å². The molecule has 0 unspecified atom stereocenters. The van der Waals surface area contributed by atoms with Crippen molar-refractivity contribution < 1.29 is 167 Å². The fraction of sp³-hybridized carbons (Fsp3) is 0.783. The molecule has 0 aliphatic heterocycles. The summed E-state index contributed by atoms with van der Waals surface area (Å²) in [6, 6.07) is -7.31. The number of hydrogen-bond donors (Lipinski definition) is 0. The molecule has 0 aliphatic carbocycles. The number of aromatic nitrogens is 2. The summed E-state index contributed by atoms with van der Waals surface area (Å²) in [5.41, 5.74) is 0. The molecular weight excluding hydrogens is 1010 g/mol. The summed E-state index contributed by atoms with van der Waals surface area (Å²) in [5, 5.41) is 0. The fourth-order valence-corrected chi connectivity index (χ4v) is 3.93. The summed E-state index contributed by atoms with van der Waals surface area (Å²) in [6.45, 7) is 2.67. The standard InChI is InChI=1S/C23H6F37N2/c1-2-61-3-4-62(5-61)23(59,60)21(54,55)19(50,51)17(46,47)15(42,43)13(38,39)11(34,35)9(30,31)7(26,27)6(24,25)8(28,29)10(32,33)12(36,37)14(40,41)16(44,45)18(48,49)20(52,53)22(56,57)58/h2-5H,1H2/q+1. The van der Waals surface area contributed by atoms with Crippen LogP contribution in [-0.2, 0) is 6.05 Å². The molecule has 0 fully saturated rings. The maximum atomic E-state index is 14.2.